The first-order valence-electron chi connectivity index (χ1n) is 9.53. The molecule has 0 fully saturated rings. The van der Waals surface area contributed by atoms with E-state index in [1.165, 1.54) is 0 Å². The van der Waals surface area contributed by atoms with Crippen LogP contribution in [-0.4, -0.2) is 33.1 Å². The maximum atomic E-state index is 12.8. The van der Waals surface area contributed by atoms with Gasteiger partial charge in [0.05, 0.1) is 5.69 Å². The molecule has 1 aliphatic rings. The second kappa shape index (κ2) is 6.94. The first kappa shape index (κ1) is 17.2. The molecule has 3 heterocycles. The molecule has 29 heavy (non-hydrogen) atoms. The van der Waals surface area contributed by atoms with Crippen molar-refractivity contribution in [1.82, 2.24) is 20.1 Å². The molecule has 0 aliphatic carbocycles. The molecule has 0 saturated heterocycles. The summed E-state index contributed by atoms with van der Waals surface area (Å²) in [6.45, 7) is 1.40. The zero-order valence-electron chi connectivity index (χ0n) is 15.6. The van der Waals surface area contributed by atoms with E-state index in [1.807, 2.05) is 53.1 Å². The molecule has 5 rings (SSSR count). The van der Waals surface area contributed by atoms with E-state index >= 15 is 0 Å². The number of H-pyrrole nitrogens is 1. The lowest BCUT2D eigenvalue weighted by Gasteiger charge is -2.06. The van der Waals surface area contributed by atoms with Gasteiger partial charge in [-0.25, -0.2) is 0 Å². The summed E-state index contributed by atoms with van der Waals surface area (Å²) in [5.41, 5.74) is 3.87. The largest absolute Gasteiger partial charge is 0.351 e. The highest BCUT2D eigenvalue weighted by Gasteiger charge is 2.19. The van der Waals surface area contributed by atoms with Gasteiger partial charge in [0.2, 0.25) is 0 Å². The van der Waals surface area contributed by atoms with Crippen molar-refractivity contribution in [3.63, 3.8) is 0 Å². The van der Waals surface area contributed by atoms with Gasteiger partial charge in [-0.05, 0) is 30.2 Å². The zero-order valence-corrected chi connectivity index (χ0v) is 15.6. The molecule has 4 aromatic rings. The van der Waals surface area contributed by atoms with Gasteiger partial charge in [-0.1, -0.05) is 36.4 Å². The molecule has 3 N–H and O–H groups in total. The molecule has 0 bridgehead atoms. The van der Waals surface area contributed by atoms with Crippen molar-refractivity contribution < 1.29 is 9.59 Å². The predicted molar refractivity (Wildman–Crippen MR) is 111 cm³/mol. The predicted octanol–water partition coefficient (Wildman–Crippen LogP) is 3.42. The van der Waals surface area contributed by atoms with E-state index in [-0.39, 0.29) is 11.8 Å². The third kappa shape index (κ3) is 3.16. The van der Waals surface area contributed by atoms with Gasteiger partial charge in [-0.15, -0.1) is 0 Å². The van der Waals surface area contributed by atoms with Crippen molar-refractivity contribution in [1.29, 1.82) is 0 Å². The number of nitrogens with one attached hydrogen (secondary N) is 3. The van der Waals surface area contributed by atoms with E-state index in [1.54, 1.807) is 12.1 Å². The first-order valence-corrected chi connectivity index (χ1v) is 9.53. The Morgan fingerprint density at radius 2 is 1.93 bits per heavy atom. The van der Waals surface area contributed by atoms with Crippen molar-refractivity contribution >= 4 is 28.5 Å². The van der Waals surface area contributed by atoms with Gasteiger partial charge in [0.25, 0.3) is 11.8 Å². The number of aromatic amines is 1. The van der Waals surface area contributed by atoms with Gasteiger partial charge in [0.15, 0.2) is 5.82 Å². The Hall–Kier alpha value is -3.87. The topological polar surface area (TPSA) is 91.8 Å². The Bertz CT molecular complexity index is 1220. The summed E-state index contributed by atoms with van der Waals surface area (Å²) < 4.78 is 1.98. The Morgan fingerprint density at radius 1 is 1.07 bits per heavy atom. The molecule has 0 saturated carbocycles. The highest BCUT2D eigenvalue weighted by molar-refractivity contribution is 6.07. The maximum Gasteiger partial charge on any atom is 0.267 e. The number of nitrogens with zero attached hydrogens (tertiary/aromatic N) is 2. The lowest BCUT2D eigenvalue weighted by molar-refractivity contribution is 0.0950. The van der Waals surface area contributed by atoms with Gasteiger partial charge in [-0.3, -0.25) is 14.7 Å². The monoisotopic (exact) mass is 385 g/mol. The van der Waals surface area contributed by atoms with Crippen molar-refractivity contribution in [2.45, 2.75) is 13.0 Å². The minimum Gasteiger partial charge on any atom is -0.351 e. The summed E-state index contributed by atoms with van der Waals surface area (Å²) in [5.74, 6) is 0.142. The molecule has 0 spiro atoms. The lowest BCUT2D eigenvalue weighted by Crippen LogP contribution is -2.22. The van der Waals surface area contributed by atoms with E-state index in [0.717, 1.165) is 35.1 Å². The number of rotatable bonds is 3. The van der Waals surface area contributed by atoms with Crippen LogP contribution in [0.15, 0.2) is 60.7 Å². The highest BCUT2D eigenvalue weighted by Crippen LogP contribution is 2.24. The van der Waals surface area contributed by atoms with Gasteiger partial charge in [0.1, 0.15) is 5.69 Å². The summed E-state index contributed by atoms with van der Waals surface area (Å²) in [6.07, 6.45) is 0.856. The Kier molecular flexibility index (Phi) is 4.13. The van der Waals surface area contributed by atoms with Crippen molar-refractivity contribution in [2.75, 3.05) is 11.9 Å². The fourth-order valence-electron chi connectivity index (χ4n) is 3.69. The van der Waals surface area contributed by atoms with Gasteiger partial charge in [-0.2, -0.15) is 5.10 Å². The molecule has 2 amide bonds. The number of fused-ring (bicyclic) bond motifs is 3. The fourth-order valence-corrected chi connectivity index (χ4v) is 3.69. The van der Waals surface area contributed by atoms with E-state index in [2.05, 4.69) is 20.8 Å². The third-order valence-corrected chi connectivity index (χ3v) is 5.15. The summed E-state index contributed by atoms with van der Waals surface area (Å²) in [7, 11) is 0. The molecule has 1 aliphatic heterocycles. The average Bonchev–Trinajstić information content (AvgIpc) is 3.31. The Morgan fingerprint density at radius 3 is 2.79 bits per heavy atom. The van der Waals surface area contributed by atoms with Crippen LogP contribution >= 0.6 is 0 Å². The molecule has 0 unspecified atom stereocenters. The van der Waals surface area contributed by atoms with E-state index < -0.39 is 0 Å². The minimum atomic E-state index is -0.244. The van der Waals surface area contributed by atoms with Crippen molar-refractivity contribution in [3.05, 3.63) is 71.9 Å². The van der Waals surface area contributed by atoms with Crippen LogP contribution in [0.5, 0.6) is 0 Å². The SMILES string of the molecule is O=C(Nc1cc(-c2ccccc2)[nH]n1)c1ccc2cc3n(c2c1)CCCNC3=O. The second-order valence-corrected chi connectivity index (χ2v) is 7.05. The van der Waals surface area contributed by atoms with Crippen LogP contribution in [-0.2, 0) is 6.54 Å². The Labute approximate surface area is 166 Å². The number of amides is 2. The van der Waals surface area contributed by atoms with Crippen LogP contribution in [0.4, 0.5) is 5.82 Å². The number of benzene rings is 2. The first-order chi connectivity index (χ1) is 14.2. The summed E-state index contributed by atoms with van der Waals surface area (Å²) in [5, 5.41) is 13.8. The molecule has 0 atom stereocenters. The molecular weight excluding hydrogens is 366 g/mol. The lowest BCUT2D eigenvalue weighted by atomic mass is 10.1. The van der Waals surface area contributed by atoms with Crippen LogP contribution in [0.25, 0.3) is 22.2 Å². The number of carbonyl (C=O) groups is 2. The molecule has 7 heteroatoms. The van der Waals surface area contributed by atoms with Gasteiger partial charge < -0.3 is 15.2 Å². The van der Waals surface area contributed by atoms with Crippen LogP contribution in [0.1, 0.15) is 27.3 Å². The zero-order chi connectivity index (χ0) is 19.8. The van der Waals surface area contributed by atoms with Crippen LogP contribution in [0.2, 0.25) is 0 Å². The van der Waals surface area contributed by atoms with E-state index in [0.29, 0.717) is 23.6 Å². The van der Waals surface area contributed by atoms with Crippen molar-refractivity contribution in [3.8, 4) is 11.3 Å². The van der Waals surface area contributed by atoms with Gasteiger partial charge >= 0.3 is 0 Å². The van der Waals surface area contributed by atoms with E-state index in [4.69, 9.17) is 0 Å². The number of aryl methyl sites for hydroxylation is 1. The molecular formula is C22H19N5O2. The van der Waals surface area contributed by atoms with Crippen LogP contribution in [0, 0.1) is 0 Å². The summed E-state index contributed by atoms with van der Waals surface area (Å²) in [4.78, 5) is 25.0. The number of aromatic nitrogens is 3. The van der Waals surface area contributed by atoms with Crippen LogP contribution in [0.3, 0.4) is 0 Å². The fraction of sp³-hybridized carbons (Fsp3) is 0.136. The number of hydrogen-bond acceptors (Lipinski definition) is 3. The standard InChI is InChI=1S/C22H19N5O2/c28-21(24-20-13-17(25-26-20)14-5-2-1-3-6-14)16-8-7-15-11-19-22(29)23-9-4-10-27(19)18(15)12-16/h1-3,5-8,11-13H,4,9-10H2,(H,23,29)(H2,24,25,26,28). The normalized spacial score (nSPS) is 13.6. The molecule has 2 aromatic heterocycles. The molecule has 144 valence electrons. The number of hydrogen-bond donors (Lipinski definition) is 3. The number of carbonyl (C=O) groups excluding carboxylic acids is 2. The average molecular weight is 385 g/mol. The molecule has 7 nitrogen and oxygen atoms in total. The third-order valence-electron chi connectivity index (χ3n) is 5.15. The van der Waals surface area contributed by atoms with Gasteiger partial charge in [0, 0.05) is 35.6 Å². The quantitative estimate of drug-likeness (QED) is 0.505. The van der Waals surface area contributed by atoms with E-state index in [9.17, 15) is 9.59 Å². The highest BCUT2D eigenvalue weighted by atomic mass is 16.2. The van der Waals surface area contributed by atoms with Crippen LogP contribution < -0.4 is 10.6 Å². The second-order valence-electron chi connectivity index (χ2n) is 7.05. The number of anilines is 1. The minimum absolute atomic E-state index is 0.0744. The summed E-state index contributed by atoms with van der Waals surface area (Å²) >= 11 is 0. The van der Waals surface area contributed by atoms with Crippen molar-refractivity contribution in [2.24, 2.45) is 0 Å². The summed E-state index contributed by atoms with van der Waals surface area (Å²) in [6, 6.07) is 18.9. The Balaban J connectivity index is 1.42. The molecule has 2 aromatic carbocycles. The molecule has 0 radical (unpaired) electrons. The smallest absolute Gasteiger partial charge is 0.267 e. The maximum absolute atomic E-state index is 12.8.